The highest BCUT2D eigenvalue weighted by atomic mass is 79.9. The number of ether oxygens (including phenoxy) is 1. The van der Waals surface area contributed by atoms with Gasteiger partial charge in [-0.2, -0.15) is 0 Å². The first-order chi connectivity index (χ1) is 8.31. The number of hydrogen-bond acceptors (Lipinski definition) is 2. The van der Waals surface area contributed by atoms with Gasteiger partial charge in [0, 0.05) is 17.1 Å². The van der Waals surface area contributed by atoms with E-state index in [4.69, 9.17) is 4.74 Å². The van der Waals surface area contributed by atoms with Crippen molar-refractivity contribution >= 4 is 15.9 Å². The second-order valence-corrected chi connectivity index (χ2v) is 6.37. The molecule has 2 atom stereocenters. The molecule has 1 rings (SSSR count). The van der Waals surface area contributed by atoms with Crippen LogP contribution in [-0.4, -0.2) is 20.3 Å². The Bertz CT molecular complexity index is 403. The first-order valence-electron chi connectivity index (χ1n) is 5.96. The average molecular weight is 318 g/mol. The molecule has 1 N–H and O–H groups in total. The van der Waals surface area contributed by atoms with Crippen molar-refractivity contribution in [3.63, 3.8) is 0 Å². The molecule has 0 heterocycles. The minimum Gasteiger partial charge on any atom is -0.379 e. The number of likely N-dealkylation sites (N-methyl/N-ethyl adjacent to an activating group) is 1. The Balaban J connectivity index is 3.19. The van der Waals surface area contributed by atoms with Gasteiger partial charge in [0.15, 0.2) is 0 Å². The molecule has 0 aliphatic rings. The summed E-state index contributed by atoms with van der Waals surface area (Å²) in [6, 6.07) is 4.78. The Labute approximate surface area is 117 Å². The summed E-state index contributed by atoms with van der Waals surface area (Å²) in [5.74, 6) is -0.219. The lowest BCUT2D eigenvalue weighted by Gasteiger charge is -2.36. The standard InChI is InChI=1S/C14H21BrFNO/c1-14(2,3)13(18-5)12(17-4)10-8-9(15)6-7-11(10)16/h6-8,12-13,17H,1-5H3. The molecule has 0 amide bonds. The fourth-order valence-corrected chi connectivity index (χ4v) is 2.59. The van der Waals surface area contributed by atoms with Crippen molar-refractivity contribution in [1.82, 2.24) is 5.32 Å². The van der Waals surface area contributed by atoms with Crippen molar-refractivity contribution < 1.29 is 9.13 Å². The minimum atomic E-state index is -0.219. The van der Waals surface area contributed by atoms with Crippen LogP contribution in [0.2, 0.25) is 0 Å². The van der Waals surface area contributed by atoms with Gasteiger partial charge in [-0.15, -0.1) is 0 Å². The Morgan fingerprint density at radius 1 is 1.33 bits per heavy atom. The highest BCUT2D eigenvalue weighted by Gasteiger charge is 2.33. The largest absolute Gasteiger partial charge is 0.379 e. The Morgan fingerprint density at radius 3 is 2.39 bits per heavy atom. The van der Waals surface area contributed by atoms with Gasteiger partial charge in [-0.1, -0.05) is 36.7 Å². The maximum absolute atomic E-state index is 14.0. The van der Waals surface area contributed by atoms with Gasteiger partial charge < -0.3 is 10.1 Å². The molecule has 0 radical (unpaired) electrons. The zero-order valence-corrected chi connectivity index (χ0v) is 13.1. The van der Waals surface area contributed by atoms with Gasteiger partial charge in [0.05, 0.1) is 12.1 Å². The van der Waals surface area contributed by atoms with Crippen molar-refractivity contribution in [3.05, 3.63) is 34.1 Å². The average Bonchev–Trinajstić information content (AvgIpc) is 2.27. The summed E-state index contributed by atoms with van der Waals surface area (Å²) in [4.78, 5) is 0. The molecule has 4 heteroatoms. The predicted molar refractivity (Wildman–Crippen MR) is 76.2 cm³/mol. The van der Waals surface area contributed by atoms with Gasteiger partial charge in [0.2, 0.25) is 0 Å². The van der Waals surface area contributed by atoms with E-state index >= 15 is 0 Å². The van der Waals surface area contributed by atoms with E-state index in [2.05, 4.69) is 42.0 Å². The zero-order chi connectivity index (χ0) is 13.9. The number of rotatable bonds is 4. The molecule has 1 aromatic carbocycles. The van der Waals surface area contributed by atoms with E-state index in [0.29, 0.717) is 5.56 Å². The number of methoxy groups -OCH3 is 1. The second-order valence-electron chi connectivity index (χ2n) is 5.45. The van der Waals surface area contributed by atoms with Crippen LogP contribution in [0.25, 0.3) is 0 Å². The van der Waals surface area contributed by atoms with Crippen molar-refractivity contribution in [2.75, 3.05) is 14.2 Å². The molecule has 2 nitrogen and oxygen atoms in total. The van der Waals surface area contributed by atoms with Crippen LogP contribution >= 0.6 is 15.9 Å². The molecule has 1 aromatic rings. The molecular formula is C14H21BrFNO. The SMILES string of the molecule is CNC(c1cc(Br)ccc1F)C(OC)C(C)(C)C. The lowest BCUT2D eigenvalue weighted by Crippen LogP contribution is -2.40. The Hall–Kier alpha value is -0.450. The van der Waals surface area contributed by atoms with Crippen LogP contribution in [0.3, 0.4) is 0 Å². The molecule has 18 heavy (non-hydrogen) atoms. The smallest absolute Gasteiger partial charge is 0.128 e. The topological polar surface area (TPSA) is 21.3 Å². The third-order valence-corrected chi connectivity index (χ3v) is 3.51. The fraction of sp³-hybridized carbons (Fsp3) is 0.571. The lowest BCUT2D eigenvalue weighted by molar-refractivity contribution is -0.0109. The molecule has 0 aliphatic carbocycles. The highest BCUT2D eigenvalue weighted by molar-refractivity contribution is 9.10. The summed E-state index contributed by atoms with van der Waals surface area (Å²) in [7, 11) is 3.49. The predicted octanol–water partition coefficient (Wildman–Crippen LogP) is 3.91. The Kier molecular flexibility index (Phi) is 5.32. The van der Waals surface area contributed by atoms with E-state index in [0.717, 1.165) is 4.47 Å². The molecule has 0 spiro atoms. The lowest BCUT2D eigenvalue weighted by atomic mass is 9.82. The van der Waals surface area contributed by atoms with Crippen molar-refractivity contribution in [2.24, 2.45) is 5.41 Å². The highest BCUT2D eigenvalue weighted by Crippen LogP contribution is 2.34. The quantitative estimate of drug-likeness (QED) is 0.909. The maximum Gasteiger partial charge on any atom is 0.128 e. The van der Waals surface area contributed by atoms with Crippen molar-refractivity contribution in [1.29, 1.82) is 0 Å². The zero-order valence-electron chi connectivity index (χ0n) is 11.6. The van der Waals surface area contributed by atoms with E-state index in [1.54, 1.807) is 19.2 Å². The fourth-order valence-electron chi connectivity index (χ4n) is 2.21. The number of nitrogens with one attached hydrogen (secondary N) is 1. The van der Waals surface area contributed by atoms with Crippen LogP contribution < -0.4 is 5.32 Å². The van der Waals surface area contributed by atoms with Crippen LogP contribution in [0.15, 0.2) is 22.7 Å². The molecule has 0 fully saturated rings. The van der Waals surface area contributed by atoms with Gasteiger partial charge in [-0.3, -0.25) is 0 Å². The van der Waals surface area contributed by atoms with Gasteiger partial charge >= 0.3 is 0 Å². The third-order valence-electron chi connectivity index (χ3n) is 3.01. The maximum atomic E-state index is 14.0. The first-order valence-corrected chi connectivity index (χ1v) is 6.75. The Morgan fingerprint density at radius 2 is 1.94 bits per heavy atom. The molecule has 0 aromatic heterocycles. The van der Waals surface area contributed by atoms with E-state index in [9.17, 15) is 4.39 Å². The summed E-state index contributed by atoms with van der Waals surface area (Å²) in [6.45, 7) is 6.25. The van der Waals surface area contributed by atoms with Crippen molar-refractivity contribution in [2.45, 2.75) is 32.9 Å². The first kappa shape index (κ1) is 15.6. The summed E-state index contributed by atoms with van der Waals surface area (Å²) in [5, 5.41) is 3.16. The minimum absolute atomic E-state index is 0.0861. The number of hydrogen-bond donors (Lipinski definition) is 1. The molecule has 2 unspecified atom stereocenters. The van der Waals surface area contributed by atoms with E-state index in [1.807, 2.05) is 7.05 Å². The summed E-state index contributed by atoms with van der Waals surface area (Å²) in [6.07, 6.45) is -0.119. The van der Waals surface area contributed by atoms with E-state index in [1.165, 1.54) is 6.07 Å². The van der Waals surface area contributed by atoms with E-state index < -0.39 is 0 Å². The van der Waals surface area contributed by atoms with Crippen LogP contribution in [0.4, 0.5) is 4.39 Å². The second kappa shape index (κ2) is 6.13. The molecule has 0 bridgehead atoms. The molecule has 0 aliphatic heterocycles. The monoisotopic (exact) mass is 317 g/mol. The van der Waals surface area contributed by atoms with E-state index in [-0.39, 0.29) is 23.4 Å². The molecule has 0 saturated heterocycles. The van der Waals surface area contributed by atoms with Gasteiger partial charge in [0.1, 0.15) is 5.82 Å². The number of benzene rings is 1. The number of halogens is 2. The molecular weight excluding hydrogens is 297 g/mol. The van der Waals surface area contributed by atoms with Crippen LogP contribution in [0, 0.1) is 11.2 Å². The third kappa shape index (κ3) is 3.53. The molecule has 102 valence electrons. The van der Waals surface area contributed by atoms with Crippen LogP contribution in [0.1, 0.15) is 32.4 Å². The normalized spacial score (nSPS) is 15.5. The van der Waals surface area contributed by atoms with Gasteiger partial charge in [0.25, 0.3) is 0 Å². The summed E-state index contributed by atoms with van der Waals surface area (Å²) < 4.78 is 20.4. The van der Waals surface area contributed by atoms with Gasteiger partial charge in [-0.25, -0.2) is 4.39 Å². The van der Waals surface area contributed by atoms with Crippen LogP contribution in [0.5, 0.6) is 0 Å². The van der Waals surface area contributed by atoms with Crippen LogP contribution in [-0.2, 0) is 4.74 Å². The summed E-state index contributed by atoms with van der Waals surface area (Å²) in [5.41, 5.74) is 0.533. The van der Waals surface area contributed by atoms with Crippen molar-refractivity contribution in [3.8, 4) is 0 Å². The molecule has 0 saturated carbocycles. The summed E-state index contributed by atoms with van der Waals surface area (Å²) >= 11 is 3.38. The van der Waals surface area contributed by atoms with Gasteiger partial charge in [-0.05, 0) is 30.7 Å².